The van der Waals surface area contributed by atoms with Crippen LogP contribution in [0.25, 0.3) is 86.9 Å². The Kier molecular flexibility index (Phi) is 4.33. The van der Waals surface area contributed by atoms with E-state index in [0.717, 1.165) is 0 Å². The zero-order valence-corrected chi connectivity index (χ0v) is 26.5. The molecule has 9 aromatic carbocycles. The number of rotatable bonds is 0. The van der Waals surface area contributed by atoms with Gasteiger partial charge in [-0.2, -0.15) is 0 Å². The molecule has 46 heavy (non-hydrogen) atoms. The molecule has 2 aliphatic carbocycles. The molecule has 0 saturated carbocycles. The van der Waals surface area contributed by atoms with Crippen molar-refractivity contribution in [2.75, 3.05) is 0 Å². The lowest BCUT2D eigenvalue weighted by Crippen LogP contribution is -2.17. The van der Waals surface area contributed by atoms with Gasteiger partial charge in [0.25, 0.3) is 0 Å². The molecule has 0 fully saturated rings. The first-order valence-corrected chi connectivity index (χ1v) is 16.6. The topological polar surface area (TPSA) is 0 Å². The summed E-state index contributed by atoms with van der Waals surface area (Å²) in [7, 11) is 0. The van der Waals surface area contributed by atoms with Gasteiger partial charge in [0.15, 0.2) is 0 Å². The molecule has 0 saturated heterocycles. The fourth-order valence-electron chi connectivity index (χ4n) is 9.66. The highest BCUT2D eigenvalue weighted by Crippen LogP contribution is 2.59. The van der Waals surface area contributed by atoms with Gasteiger partial charge in [-0.3, -0.25) is 0 Å². The predicted octanol–water partition coefficient (Wildman–Crippen LogP) is 12.7. The van der Waals surface area contributed by atoms with Gasteiger partial charge in [0.05, 0.1) is 0 Å². The summed E-state index contributed by atoms with van der Waals surface area (Å²) in [5, 5.41) is 16.2. The molecule has 0 nitrogen and oxygen atoms in total. The van der Waals surface area contributed by atoms with Crippen LogP contribution in [0.5, 0.6) is 0 Å². The van der Waals surface area contributed by atoms with Crippen LogP contribution in [0.1, 0.15) is 49.9 Å². The standard InChI is InChI=1S/C46H32/c1-45(2)39-23-36-33-19-18-31-32(16-15-29-20-27-8-5-6-9-28(27)21-35(29)31)44(33)46(3,4)38(36)24-37(39)43-34-17-14-26-11-7-10-25-12-13-30(22-40(43)45)42(34)41(25)26/h5-24H,1-4H3. The van der Waals surface area contributed by atoms with Gasteiger partial charge in [0.2, 0.25) is 0 Å². The molecule has 2 aliphatic rings. The average Bonchev–Trinajstić information content (AvgIpc) is 3.44. The van der Waals surface area contributed by atoms with E-state index in [1.165, 1.54) is 109 Å². The maximum atomic E-state index is 2.58. The average molecular weight is 585 g/mol. The highest BCUT2D eigenvalue weighted by atomic mass is 14.5. The van der Waals surface area contributed by atoms with Crippen molar-refractivity contribution in [3.05, 3.63) is 144 Å². The number of hydrogen-bond donors (Lipinski definition) is 0. The van der Waals surface area contributed by atoms with E-state index in [9.17, 15) is 0 Å². The number of fused-ring (bicyclic) bond motifs is 12. The van der Waals surface area contributed by atoms with Gasteiger partial charge >= 0.3 is 0 Å². The highest BCUT2D eigenvalue weighted by Gasteiger charge is 2.43. The lowest BCUT2D eigenvalue weighted by molar-refractivity contribution is 0.655. The van der Waals surface area contributed by atoms with Crippen molar-refractivity contribution in [3.8, 4) is 22.3 Å². The summed E-state index contributed by atoms with van der Waals surface area (Å²) in [6.07, 6.45) is 0. The minimum atomic E-state index is -0.125. The molecule has 0 bridgehead atoms. The summed E-state index contributed by atoms with van der Waals surface area (Å²) in [5.74, 6) is 0. The van der Waals surface area contributed by atoms with Crippen molar-refractivity contribution in [1.29, 1.82) is 0 Å². The van der Waals surface area contributed by atoms with Crippen LogP contribution in [-0.2, 0) is 10.8 Å². The van der Waals surface area contributed by atoms with Crippen molar-refractivity contribution < 1.29 is 0 Å². The molecule has 11 rings (SSSR count). The first-order valence-electron chi connectivity index (χ1n) is 16.6. The van der Waals surface area contributed by atoms with Gasteiger partial charge in [0.1, 0.15) is 0 Å². The second kappa shape index (κ2) is 7.95. The summed E-state index contributed by atoms with van der Waals surface area (Å²) in [6.45, 7) is 9.75. The molecule has 0 N–H and O–H groups in total. The molecule has 0 heterocycles. The van der Waals surface area contributed by atoms with E-state index in [-0.39, 0.29) is 10.8 Å². The highest BCUT2D eigenvalue weighted by molar-refractivity contribution is 6.26. The van der Waals surface area contributed by atoms with Gasteiger partial charge in [-0.1, -0.05) is 119 Å². The van der Waals surface area contributed by atoms with E-state index in [1.54, 1.807) is 0 Å². The number of hydrogen-bond acceptors (Lipinski definition) is 0. The molecule has 0 amide bonds. The van der Waals surface area contributed by atoms with Gasteiger partial charge in [-0.15, -0.1) is 0 Å². The van der Waals surface area contributed by atoms with E-state index in [2.05, 4.69) is 149 Å². The molecule has 216 valence electrons. The Morgan fingerprint density at radius 1 is 0.348 bits per heavy atom. The minimum Gasteiger partial charge on any atom is -0.0616 e. The maximum absolute atomic E-state index is 2.58. The minimum absolute atomic E-state index is 0.0921. The summed E-state index contributed by atoms with van der Waals surface area (Å²) >= 11 is 0. The number of benzene rings is 9. The summed E-state index contributed by atoms with van der Waals surface area (Å²) in [6, 6.07) is 46.7. The molecule has 0 atom stereocenters. The maximum Gasteiger partial charge on any atom is 0.0165 e. The SMILES string of the molecule is CC1(C)c2cc3c(cc2-c2c1cc1ccc4cccc5ccc2c1c45)C(C)(C)c1c-3ccc2c1ccc1cc3ccccc3cc12. The smallest absolute Gasteiger partial charge is 0.0165 e. The van der Waals surface area contributed by atoms with Crippen molar-refractivity contribution in [2.24, 2.45) is 0 Å². The molecule has 0 unspecified atom stereocenters. The van der Waals surface area contributed by atoms with Gasteiger partial charge in [0, 0.05) is 10.8 Å². The second-order valence-electron chi connectivity index (χ2n) is 14.9. The predicted molar refractivity (Wildman–Crippen MR) is 198 cm³/mol. The molecule has 0 radical (unpaired) electrons. The third-order valence-corrected chi connectivity index (χ3v) is 11.9. The summed E-state index contributed by atoms with van der Waals surface area (Å²) < 4.78 is 0. The lowest BCUT2D eigenvalue weighted by atomic mass is 9.78. The molecule has 0 spiro atoms. The monoisotopic (exact) mass is 584 g/mol. The Labute approximate surface area is 268 Å². The van der Waals surface area contributed by atoms with Crippen molar-refractivity contribution in [3.63, 3.8) is 0 Å². The molecular weight excluding hydrogens is 553 g/mol. The Morgan fingerprint density at radius 3 is 1.80 bits per heavy atom. The molecule has 9 aromatic rings. The lowest BCUT2D eigenvalue weighted by Gasteiger charge is -2.25. The summed E-state index contributed by atoms with van der Waals surface area (Å²) in [5.41, 5.74) is 11.2. The second-order valence-corrected chi connectivity index (χ2v) is 14.9. The van der Waals surface area contributed by atoms with Crippen LogP contribution in [0.3, 0.4) is 0 Å². The Balaban J connectivity index is 1.20. The van der Waals surface area contributed by atoms with Crippen LogP contribution >= 0.6 is 0 Å². The van der Waals surface area contributed by atoms with E-state index in [1.807, 2.05) is 0 Å². The van der Waals surface area contributed by atoms with Crippen molar-refractivity contribution >= 4 is 64.6 Å². The van der Waals surface area contributed by atoms with E-state index < -0.39 is 0 Å². The zero-order valence-electron chi connectivity index (χ0n) is 26.5. The van der Waals surface area contributed by atoms with Crippen LogP contribution in [-0.4, -0.2) is 0 Å². The van der Waals surface area contributed by atoms with Crippen LogP contribution in [0, 0.1) is 0 Å². The first-order chi connectivity index (χ1) is 22.3. The van der Waals surface area contributed by atoms with E-state index in [0.29, 0.717) is 0 Å². The van der Waals surface area contributed by atoms with Crippen molar-refractivity contribution in [2.45, 2.75) is 38.5 Å². The normalized spacial score (nSPS) is 15.7. The van der Waals surface area contributed by atoms with Crippen LogP contribution in [0.2, 0.25) is 0 Å². The quantitative estimate of drug-likeness (QED) is 0.123. The van der Waals surface area contributed by atoms with Crippen LogP contribution < -0.4 is 0 Å². The fourth-order valence-corrected chi connectivity index (χ4v) is 9.66. The molecule has 0 heteroatoms. The first kappa shape index (κ1) is 25.0. The third-order valence-electron chi connectivity index (χ3n) is 11.9. The van der Waals surface area contributed by atoms with Gasteiger partial charge in [-0.05, 0) is 139 Å². The van der Waals surface area contributed by atoms with Crippen LogP contribution in [0.15, 0.2) is 121 Å². The Morgan fingerprint density at radius 2 is 0.978 bits per heavy atom. The molecule has 0 aromatic heterocycles. The molecular formula is C46H32. The summed E-state index contributed by atoms with van der Waals surface area (Å²) in [4.78, 5) is 0. The largest absolute Gasteiger partial charge is 0.0616 e. The van der Waals surface area contributed by atoms with Crippen LogP contribution in [0.4, 0.5) is 0 Å². The third kappa shape index (κ3) is 2.84. The van der Waals surface area contributed by atoms with E-state index in [4.69, 9.17) is 0 Å². The van der Waals surface area contributed by atoms with Gasteiger partial charge in [-0.25, -0.2) is 0 Å². The zero-order chi connectivity index (χ0) is 30.7. The fraction of sp³-hybridized carbons (Fsp3) is 0.130. The molecule has 0 aliphatic heterocycles. The Bertz CT molecular complexity index is 2830. The van der Waals surface area contributed by atoms with E-state index >= 15 is 0 Å². The van der Waals surface area contributed by atoms with Crippen molar-refractivity contribution in [1.82, 2.24) is 0 Å². The Hall–Kier alpha value is -5.20. The van der Waals surface area contributed by atoms with Gasteiger partial charge < -0.3 is 0 Å².